The largest absolute Gasteiger partial charge is 0.478 e. The van der Waals surface area contributed by atoms with E-state index in [0.717, 1.165) is 24.5 Å². The summed E-state index contributed by atoms with van der Waals surface area (Å²) in [5.41, 5.74) is -1.11. The molecular weight excluding hydrogens is 225 g/mol. The van der Waals surface area contributed by atoms with E-state index in [4.69, 9.17) is 9.52 Å². The fourth-order valence-corrected chi connectivity index (χ4v) is 1.37. The summed E-state index contributed by atoms with van der Waals surface area (Å²) < 4.78 is 41.7. The van der Waals surface area contributed by atoms with Crippen LogP contribution in [-0.2, 0) is 6.18 Å². The van der Waals surface area contributed by atoms with Crippen molar-refractivity contribution in [2.24, 2.45) is 0 Å². The van der Waals surface area contributed by atoms with Crippen molar-refractivity contribution in [2.45, 2.75) is 6.18 Å². The Bertz CT molecular complexity index is 554. The van der Waals surface area contributed by atoms with Gasteiger partial charge < -0.3 is 9.52 Å². The maximum atomic E-state index is 12.3. The van der Waals surface area contributed by atoms with E-state index in [1.54, 1.807) is 0 Å². The van der Waals surface area contributed by atoms with Crippen LogP contribution in [0.15, 0.2) is 28.9 Å². The number of halogens is 3. The van der Waals surface area contributed by atoms with Gasteiger partial charge in [0.05, 0.1) is 5.56 Å². The Morgan fingerprint density at radius 1 is 1.31 bits per heavy atom. The topological polar surface area (TPSA) is 50.4 Å². The van der Waals surface area contributed by atoms with Gasteiger partial charge in [0.15, 0.2) is 0 Å². The van der Waals surface area contributed by atoms with E-state index in [2.05, 4.69) is 0 Å². The number of alkyl halides is 3. The van der Waals surface area contributed by atoms with Crippen molar-refractivity contribution in [1.82, 2.24) is 0 Å². The highest BCUT2D eigenvalue weighted by atomic mass is 19.4. The normalized spacial score (nSPS) is 11.9. The molecule has 0 saturated heterocycles. The monoisotopic (exact) mass is 230 g/mol. The van der Waals surface area contributed by atoms with Crippen LogP contribution in [0.5, 0.6) is 0 Å². The van der Waals surface area contributed by atoms with Crippen LogP contribution < -0.4 is 0 Å². The second-order valence-electron chi connectivity index (χ2n) is 3.16. The maximum Gasteiger partial charge on any atom is 0.416 e. The van der Waals surface area contributed by atoms with Gasteiger partial charge in [-0.3, -0.25) is 0 Å². The van der Waals surface area contributed by atoms with Crippen molar-refractivity contribution in [3.8, 4) is 0 Å². The maximum absolute atomic E-state index is 12.3. The lowest BCUT2D eigenvalue weighted by molar-refractivity contribution is -0.137. The van der Waals surface area contributed by atoms with Gasteiger partial charge in [0, 0.05) is 5.39 Å². The molecule has 1 aromatic heterocycles. The molecule has 0 aliphatic rings. The molecule has 1 heterocycles. The Morgan fingerprint density at radius 3 is 2.56 bits per heavy atom. The predicted molar refractivity (Wildman–Crippen MR) is 48.2 cm³/mol. The molecule has 1 N–H and O–H groups in total. The third-order valence-electron chi connectivity index (χ3n) is 2.13. The van der Waals surface area contributed by atoms with Crippen LogP contribution in [0.1, 0.15) is 15.9 Å². The van der Waals surface area contributed by atoms with E-state index in [9.17, 15) is 18.0 Å². The van der Waals surface area contributed by atoms with Crippen molar-refractivity contribution >= 4 is 16.9 Å². The number of rotatable bonds is 1. The molecule has 0 spiro atoms. The third-order valence-corrected chi connectivity index (χ3v) is 2.13. The highest BCUT2D eigenvalue weighted by Gasteiger charge is 2.31. The first-order valence-corrected chi connectivity index (χ1v) is 4.21. The molecule has 0 aliphatic carbocycles. The van der Waals surface area contributed by atoms with E-state index in [0.29, 0.717) is 0 Å². The minimum absolute atomic E-state index is 0.0905. The Morgan fingerprint density at radius 2 is 2.00 bits per heavy atom. The lowest BCUT2D eigenvalue weighted by atomic mass is 10.1. The zero-order valence-corrected chi connectivity index (χ0v) is 7.71. The van der Waals surface area contributed by atoms with Gasteiger partial charge in [-0.05, 0) is 18.2 Å². The van der Waals surface area contributed by atoms with Crippen LogP contribution in [0.3, 0.4) is 0 Å². The van der Waals surface area contributed by atoms with E-state index >= 15 is 0 Å². The van der Waals surface area contributed by atoms with E-state index in [1.165, 1.54) is 0 Å². The standard InChI is InChI=1S/C10H5F3O3/c11-10(12,13)5-1-2-6-7(9(14)15)4-16-8(6)3-5/h1-4H,(H,14,15). The number of benzene rings is 1. The predicted octanol–water partition coefficient (Wildman–Crippen LogP) is 3.15. The Balaban J connectivity index is 2.62. The molecule has 0 bridgehead atoms. The molecule has 6 heteroatoms. The Labute approximate surface area is 87.1 Å². The second-order valence-corrected chi connectivity index (χ2v) is 3.16. The summed E-state index contributed by atoms with van der Waals surface area (Å²) in [7, 11) is 0. The van der Waals surface area contributed by atoms with Crippen molar-refractivity contribution in [3.05, 3.63) is 35.6 Å². The molecule has 0 unspecified atom stereocenters. The summed E-state index contributed by atoms with van der Waals surface area (Å²) in [5.74, 6) is -1.24. The van der Waals surface area contributed by atoms with Gasteiger partial charge in [0.2, 0.25) is 0 Å². The molecule has 2 rings (SSSR count). The molecule has 84 valence electrons. The number of hydrogen-bond donors (Lipinski definition) is 1. The smallest absolute Gasteiger partial charge is 0.416 e. The van der Waals surface area contributed by atoms with Gasteiger partial charge in [0.25, 0.3) is 0 Å². The molecule has 0 atom stereocenters. The first-order chi connectivity index (χ1) is 7.39. The highest BCUT2D eigenvalue weighted by molar-refractivity contribution is 6.02. The molecule has 3 nitrogen and oxygen atoms in total. The number of carboxylic acids is 1. The van der Waals surface area contributed by atoms with Gasteiger partial charge in [-0.2, -0.15) is 13.2 Å². The minimum atomic E-state index is -4.47. The first kappa shape index (κ1) is 10.5. The quantitative estimate of drug-likeness (QED) is 0.818. The summed E-state index contributed by atoms with van der Waals surface area (Å²) in [4.78, 5) is 10.7. The van der Waals surface area contributed by atoms with Gasteiger partial charge in [0.1, 0.15) is 17.4 Å². The Hall–Kier alpha value is -1.98. The lowest BCUT2D eigenvalue weighted by Crippen LogP contribution is -2.04. The van der Waals surface area contributed by atoms with Crippen LogP contribution in [0, 0.1) is 0 Å². The van der Waals surface area contributed by atoms with E-state index < -0.39 is 17.7 Å². The number of fused-ring (bicyclic) bond motifs is 1. The van der Waals surface area contributed by atoms with Crippen LogP contribution in [0.4, 0.5) is 13.2 Å². The zero-order valence-electron chi connectivity index (χ0n) is 7.71. The van der Waals surface area contributed by atoms with Gasteiger partial charge in [-0.15, -0.1) is 0 Å². The molecular formula is C10H5F3O3. The van der Waals surface area contributed by atoms with Crippen LogP contribution in [0.2, 0.25) is 0 Å². The van der Waals surface area contributed by atoms with Crippen LogP contribution in [0.25, 0.3) is 11.0 Å². The number of carboxylic acid groups (broad SMARTS) is 1. The van der Waals surface area contributed by atoms with Gasteiger partial charge in [-0.25, -0.2) is 4.79 Å². The third kappa shape index (κ3) is 1.62. The van der Waals surface area contributed by atoms with Crippen molar-refractivity contribution in [2.75, 3.05) is 0 Å². The average molecular weight is 230 g/mol. The van der Waals surface area contributed by atoms with Gasteiger partial charge in [-0.1, -0.05) is 0 Å². The molecule has 2 aromatic rings. The van der Waals surface area contributed by atoms with Crippen LogP contribution >= 0.6 is 0 Å². The van der Waals surface area contributed by atoms with Crippen LogP contribution in [-0.4, -0.2) is 11.1 Å². The summed E-state index contributed by atoms with van der Waals surface area (Å²) in [6.07, 6.45) is -3.54. The van der Waals surface area contributed by atoms with E-state index in [1.807, 2.05) is 0 Å². The Kier molecular flexibility index (Phi) is 2.15. The van der Waals surface area contributed by atoms with Crippen molar-refractivity contribution in [1.29, 1.82) is 0 Å². The molecule has 0 aliphatic heterocycles. The van der Waals surface area contributed by atoms with Gasteiger partial charge >= 0.3 is 12.1 Å². The summed E-state index contributed by atoms with van der Waals surface area (Å²) in [6, 6.07) is 2.69. The minimum Gasteiger partial charge on any atom is -0.478 e. The summed E-state index contributed by atoms with van der Waals surface area (Å²) in [6.45, 7) is 0. The fraction of sp³-hybridized carbons (Fsp3) is 0.100. The van der Waals surface area contributed by atoms with Crippen molar-refractivity contribution in [3.63, 3.8) is 0 Å². The van der Waals surface area contributed by atoms with Crippen molar-refractivity contribution < 1.29 is 27.5 Å². The molecule has 0 amide bonds. The summed E-state index contributed by atoms with van der Waals surface area (Å²) >= 11 is 0. The number of furan rings is 1. The molecule has 0 fully saturated rings. The number of aromatic carboxylic acids is 1. The number of carbonyl (C=O) groups is 1. The molecule has 1 aromatic carbocycles. The lowest BCUT2D eigenvalue weighted by Gasteiger charge is -2.05. The zero-order chi connectivity index (χ0) is 11.9. The highest BCUT2D eigenvalue weighted by Crippen LogP contribution is 2.32. The second kappa shape index (κ2) is 3.26. The van der Waals surface area contributed by atoms with E-state index in [-0.39, 0.29) is 16.5 Å². The molecule has 16 heavy (non-hydrogen) atoms. The molecule has 0 radical (unpaired) electrons. The molecule has 0 saturated carbocycles. The summed E-state index contributed by atoms with van der Waals surface area (Å²) in [5, 5.41) is 8.87. The first-order valence-electron chi connectivity index (χ1n) is 4.21. The number of hydrogen-bond acceptors (Lipinski definition) is 2. The average Bonchev–Trinajstić information content (AvgIpc) is 2.58. The SMILES string of the molecule is O=C(O)c1coc2cc(C(F)(F)F)ccc12. The fourth-order valence-electron chi connectivity index (χ4n) is 1.37.